The normalized spacial score (nSPS) is 10.4. The van der Waals surface area contributed by atoms with E-state index in [1.54, 1.807) is 21.6 Å². The number of hydrogen-bond acceptors (Lipinski definition) is 4. The Kier molecular flexibility index (Phi) is 4.69. The number of halogens is 2. The van der Waals surface area contributed by atoms with Gasteiger partial charge >= 0.3 is 0 Å². The van der Waals surface area contributed by atoms with Crippen LogP contribution in [0.3, 0.4) is 0 Å². The van der Waals surface area contributed by atoms with E-state index in [1.807, 2.05) is 36.7 Å². The molecule has 2 aromatic rings. The van der Waals surface area contributed by atoms with Gasteiger partial charge in [0.15, 0.2) is 0 Å². The molecule has 16 heavy (non-hydrogen) atoms. The van der Waals surface area contributed by atoms with Crippen molar-refractivity contribution in [2.24, 2.45) is 0 Å². The van der Waals surface area contributed by atoms with Gasteiger partial charge in [-0.1, -0.05) is 21.6 Å². The van der Waals surface area contributed by atoms with E-state index in [0.717, 1.165) is 19.0 Å². The molecule has 0 unspecified atom stereocenters. The van der Waals surface area contributed by atoms with E-state index in [-0.39, 0.29) is 0 Å². The molecule has 2 aromatic heterocycles. The predicted octanol–water partition coefficient (Wildman–Crippen LogP) is 4.80. The molecular weight excluding hydrogens is 372 g/mol. The van der Waals surface area contributed by atoms with Crippen LogP contribution in [0.1, 0.15) is 0 Å². The lowest BCUT2D eigenvalue weighted by atomic mass is 10.5. The topological polar surface area (TPSA) is 25.8 Å². The molecule has 2 heterocycles. The zero-order valence-corrected chi connectivity index (χ0v) is 12.7. The van der Waals surface area contributed by atoms with Crippen LogP contribution in [0.4, 0.5) is 0 Å². The average molecular weight is 378 g/mol. The Bertz CT molecular complexity index is 414. The van der Waals surface area contributed by atoms with E-state index in [0.29, 0.717) is 0 Å². The number of pyridine rings is 2. The van der Waals surface area contributed by atoms with Crippen molar-refractivity contribution >= 4 is 53.4 Å². The van der Waals surface area contributed by atoms with Gasteiger partial charge in [-0.3, -0.25) is 0 Å². The molecule has 0 aliphatic heterocycles. The first kappa shape index (κ1) is 12.4. The molecule has 0 N–H and O–H groups in total. The Balaban J connectivity index is 1.97. The predicted molar refractivity (Wildman–Crippen MR) is 75.6 cm³/mol. The van der Waals surface area contributed by atoms with Gasteiger partial charge in [-0.25, -0.2) is 9.97 Å². The van der Waals surface area contributed by atoms with Crippen molar-refractivity contribution in [3.8, 4) is 0 Å². The summed E-state index contributed by atoms with van der Waals surface area (Å²) in [4.78, 5) is 10.6. The maximum atomic E-state index is 4.16. The molecule has 0 bridgehead atoms. The van der Waals surface area contributed by atoms with Gasteiger partial charge in [-0.05, 0) is 56.1 Å². The molecule has 0 saturated carbocycles. The standard InChI is InChI=1S/C10H6Br2N2S2/c11-9-3-1-7(5-13-9)15-16-8-2-4-10(12)14-6-8/h1-6H. The Morgan fingerprint density at radius 3 is 1.50 bits per heavy atom. The summed E-state index contributed by atoms with van der Waals surface area (Å²) >= 11 is 6.61. The SMILES string of the molecule is Brc1ccc(SSc2ccc(Br)nc2)cn1. The zero-order chi connectivity index (χ0) is 11.4. The third-order valence-corrected chi connectivity index (χ3v) is 4.93. The van der Waals surface area contributed by atoms with Crippen LogP contribution in [0.15, 0.2) is 55.7 Å². The third kappa shape index (κ3) is 3.76. The van der Waals surface area contributed by atoms with Crippen LogP contribution in [-0.2, 0) is 0 Å². The van der Waals surface area contributed by atoms with E-state index < -0.39 is 0 Å². The maximum Gasteiger partial charge on any atom is 0.106 e. The average Bonchev–Trinajstić information content (AvgIpc) is 2.30. The van der Waals surface area contributed by atoms with Crippen molar-refractivity contribution in [3.05, 3.63) is 45.9 Å². The minimum atomic E-state index is 0.854. The van der Waals surface area contributed by atoms with Crippen molar-refractivity contribution in [2.75, 3.05) is 0 Å². The zero-order valence-electron chi connectivity index (χ0n) is 7.93. The van der Waals surface area contributed by atoms with Gasteiger partial charge in [0.1, 0.15) is 9.21 Å². The summed E-state index contributed by atoms with van der Waals surface area (Å²) in [5, 5.41) is 0. The summed E-state index contributed by atoms with van der Waals surface area (Å²) in [7, 11) is 3.33. The van der Waals surface area contributed by atoms with Crippen LogP contribution >= 0.6 is 53.4 Å². The van der Waals surface area contributed by atoms with Gasteiger partial charge in [-0.2, -0.15) is 0 Å². The van der Waals surface area contributed by atoms with Gasteiger partial charge in [0, 0.05) is 22.2 Å². The summed E-state index contributed by atoms with van der Waals surface area (Å²) in [5.41, 5.74) is 0. The minimum absolute atomic E-state index is 0.854. The second-order valence-electron chi connectivity index (χ2n) is 2.80. The fraction of sp³-hybridized carbons (Fsp3) is 0. The maximum absolute atomic E-state index is 4.16. The highest BCUT2D eigenvalue weighted by Gasteiger charge is 1.98. The smallest absolute Gasteiger partial charge is 0.106 e. The van der Waals surface area contributed by atoms with Gasteiger partial charge < -0.3 is 0 Å². The van der Waals surface area contributed by atoms with Crippen LogP contribution in [-0.4, -0.2) is 9.97 Å². The van der Waals surface area contributed by atoms with Crippen LogP contribution in [0.2, 0.25) is 0 Å². The van der Waals surface area contributed by atoms with Crippen LogP contribution in [0.5, 0.6) is 0 Å². The molecule has 0 spiro atoms. The van der Waals surface area contributed by atoms with Crippen molar-refractivity contribution in [1.29, 1.82) is 0 Å². The highest BCUT2D eigenvalue weighted by molar-refractivity contribution is 9.10. The lowest BCUT2D eigenvalue weighted by Gasteiger charge is -2.00. The first-order valence-electron chi connectivity index (χ1n) is 4.32. The number of aromatic nitrogens is 2. The van der Waals surface area contributed by atoms with Gasteiger partial charge in [0.05, 0.1) is 0 Å². The van der Waals surface area contributed by atoms with Crippen LogP contribution < -0.4 is 0 Å². The third-order valence-electron chi connectivity index (χ3n) is 1.63. The molecule has 0 atom stereocenters. The first-order chi connectivity index (χ1) is 7.74. The van der Waals surface area contributed by atoms with Crippen molar-refractivity contribution in [3.63, 3.8) is 0 Å². The lowest BCUT2D eigenvalue weighted by Crippen LogP contribution is -1.76. The van der Waals surface area contributed by atoms with Gasteiger partial charge in [0.25, 0.3) is 0 Å². The molecule has 6 heteroatoms. The van der Waals surface area contributed by atoms with Gasteiger partial charge in [0.2, 0.25) is 0 Å². The Morgan fingerprint density at radius 1 is 0.750 bits per heavy atom. The molecule has 2 nitrogen and oxygen atoms in total. The second-order valence-corrected chi connectivity index (χ2v) is 6.70. The summed E-state index contributed by atoms with van der Waals surface area (Å²) in [6.07, 6.45) is 3.68. The molecule has 0 aromatic carbocycles. The summed E-state index contributed by atoms with van der Waals surface area (Å²) in [5.74, 6) is 0. The van der Waals surface area contributed by atoms with E-state index in [4.69, 9.17) is 0 Å². The number of nitrogens with zero attached hydrogens (tertiary/aromatic N) is 2. The minimum Gasteiger partial charge on any atom is -0.248 e. The van der Waals surface area contributed by atoms with Crippen LogP contribution in [0.25, 0.3) is 0 Å². The van der Waals surface area contributed by atoms with Crippen molar-refractivity contribution in [2.45, 2.75) is 9.79 Å². The monoisotopic (exact) mass is 376 g/mol. The molecule has 0 saturated heterocycles. The van der Waals surface area contributed by atoms with E-state index in [9.17, 15) is 0 Å². The quantitative estimate of drug-likeness (QED) is 0.566. The van der Waals surface area contributed by atoms with E-state index in [2.05, 4.69) is 41.8 Å². The van der Waals surface area contributed by atoms with Crippen LogP contribution in [0, 0.1) is 0 Å². The highest BCUT2D eigenvalue weighted by Crippen LogP contribution is 2.36. The Labute approximate surface area is 118 Å². The fourth-order valence-corrected chi connectivity index (χ4v) is 3.19. The van der Waals surface area contributed by atoms with Gasteiger partial charge in [-0.15, -0.1) is 0 Å². The fourth-order valence-electron chi connectivity index (χ4n) is 0.919. The van der Waals surface area contributed by atoms with Crippen molar-refractivity contribution in [1.82, 2.24) is 9.97 Å². The molecule has 0 aliphatic carbocycles. The number of rotatable bonds is 3. The summed E-state index contributed by atoms with van der Waals surface area (Å²) in [6, 6.07) is 7.92. The molecule has 82 valence electrons. The Hall–Kier alpha value is -0.0400. The molecule has 0 amide bonds. The highest BCUT2D eigenvalue weighted by atomic mass is 79.9. The summed E-state index contributed by atoms with van der Waals surface area (Å²) < 4.78 is 1.71. The largest absolute Gasteiger partial charge is 0.248 e. The first-order valence-corrected chi connectivity index (χ1v) is 8.05. The molecule has 0 aliphatic rings. The summed E-state index contributed by atoms with van der Waals surface area (Å²) in [6.45, 7) is 0. The Morgan fingerprint density at radius 2 is 1.19 bits per heavy atom. The van der Waals surface area contributed by atoms with E-state index in [1.165, 1.54) is 0 Å². The second kappa shape index (κ2) is 6.05. The molecule has 2 rings (SSSR count). The lowest BCUT2D eigenvalue weighted by molar-refractivity contribution is 1.20. The molecular formula is C10H6Br2N2S2. The molecule has 0 radical (unpaired) electrons. The number of hydrogen-bond donors (Lipinski definition) is 0. The van der Waals surface area contributed by atoms with Crippen molar-refractivity contribution < 1.29 is 0 Å². The van der Waals surface area contributed by atoms with E-state index >= 15 is 0 Å². The molecule has 0 fully saturated rings.